The monoisotopic (exact) mass is 269 g/mol. The summed E-state index contributed by atoms with van der Waals surface area (Å²) in [5.41, 5.74) is 17.5. The van der Waals surface area contributed by atoms with Crippen molar-refractivity contribution in [2.75, 3.05) is 5.73 Å². The molecule has 0 atom stereocenters. The summed E-state index contributed by atoms with van der Waals surface area (Å²) in [6.45, 7) is 0. The van der Waals surface area contributed by atoms with Gasteiger partial charge in [0.25, 0.3) is 0 Å². The molecule has 2 rings (SSSR count). The van der Waals surface area contributed by atoms with Gasteiger partial charge < -0.3 is 21.9 Å². The molecule has 2 aromatic rings. The van der Waals surface area contributed by atoms with E-state index in [4.69, 9.17) is 21.9 Å². The van der Waals surface area contributed by atoms with Crippen molar-refractivity contribution in [3.05, 3.63) is 54.1 Å². The highest BCUT2D eigenvalue weighted by Crippen LogP contribution is 2.22. The van der Waals surface area contributed by atoms with E-state index in [0.717, 1.165) is 5.56 Å². The molecule has 0 aromatic heterocycles. The van der Waals surface area contributed by atoms with E-state index in [1.54, 1.807) is 24.3 Å². The van der Waals surface area contributed by atoms with Crippen LogP contribution in [0.15, 0.2) is 58.7 Å². The van der Waals surface area contributed by atoms with Crippen molar-refractivity contribution in [3.63, 3.8) is 0 Å². The van der Waals surface area contributed by atoms with Crippen LogP contribution in [0.5, 0.6) is 11.5 Å². The molecule has 2 aromatic carbocycles. The molecular weight excluding hydrogens is 254 g/mol. The highest BCUT2D eigenvalue weighted by atomic mass is 16.5. The van der Waals surface area contributed by atoms with Crippen LogP contribution >= 0.6 is 0 Å². The van der Waals surface area contributed by atoms with Crippen LogP contribution in [-0.4, -0.2) is 12.2 Å². The molecule has 0 saturated heterocycles. The fraction of sp³-hybridized carbons (Fsp3) is 0. The van der Waals surface area contributed by atoms with E-state index in [2.05, 4.69) is 10.2 Å². The predicted molar refractivity (Wildman–Crippen MR) is 80.8 cm³/mol. The number of guanidine groups is 1. The van der Waals surface area contributed by atoms with Crippen molar-refractivity contribution in [2.24, 2.45) is 21.7 Å². The minimum Gasteiger partial charge on any atom is -0.457 e. The van der Waals surface area contributed by atoms with Gasteiger partial charge in [0.15, 0.2) is 0 Å². The molecule has 0 saturated carbocycles. The lowest BCUT2D eigenvalue weighted by atomic mass is 10.2. The van der Waals surface area contributed by atoms with Gasteiger partial charge in [-0.2, -0.15) is 5.10 Å². The highest BCUT2D eigenvalue weighted by Gasteiger charge is 1.98. The molecule has 0 amide bonds. The van der Waals surface area contributed by atoms with Gasteiger partial charge in [-0.05, 0) is 42.0 Å². The maximum atomic E-state index is 5.70. The molecule has 0 aliphatic carbocycles. The van der Waals surface area contributed by atoms with Gasteiger partial charge in [-0.15, -0.1) is 5.10 Å². The third kappa shape index (κ3) is 4.02. The van der Waals surface area contributed by atoms with Gasteiger partial charge in [0, 0.05) is 5.69 Å². The van der Waals surface area contributed by atoms with Crippen LogP contribution in [0.1, 0.15) is 5.56 Å². The standard InChI is InChI=1S/C14H15N5O/c15-11-4-6-12(7-5-11)20-13-3-1-2-10(8-13)9-18-19-14(16)17/h1-9H,15H2,(H4,16,17,19). The summed E-state index contributed by atoms with van der Waals surface area (Å²) >= 11 is 0. The zero-order chi connectivity index (χ0) is 14.4. The van der Waals surface area contributed by atoms with Crippen molar-refractivity contribution in [3.8, 4) is 11.5 Å². The quantitative estimate of drug-likeness (QED) is 0.339. The van der Waals surface area contributed by atoms with Crippen molar-refractivity contribution in [2.45, 2.75) is 0 Å². The average Bonchev–Trinajstić information content (AvgIpc) is 2.41. The van der Waals surface area contributed by atoms with E-state index in [0.29, 0.717) is 17.2 Å². The first-order chi connectivity index (χ1) is 9.63. The number of rotatable bonds is 4. The molecule has 6 N–H and O–H groups in total. The topological polar surface area (TPSA) is 112 Å². The second kappa shape index (κ2) is 6.24. The minimum atomic E-state index is -0.0875. The number of nitrogen functional groups attached to an aromatic ring is 1. The number of benzene rings is 2. The maximum Gasteiger partial charge on any atom is 0.211 e. The molecule has 0 unspecified atom stereocenters. The van der Waals surface area contributed by atoms with Crippen LogP contribution in [-0.2, 0) is 0 Å². The first-order valence-electron chi connectivity index (χ1n) is 5.89. The first kappa shape index (κ1) is 13.4. The largest absolute Gasteiger partial charge is 0.457 e. The van der Waals surface area contributed by atoms with Crippen LogP contribution in [0.3, 0.4) is 0 Å². The molecule has 0 fully saturated rings. The van der Waals surface area contributed by atoms with Gasteiger partial charge in [0.05, 0.1) is 6.21 Å². The first-order valence-corrected chi connectivity index (χ1v) is 5.89. The van der Waals surface area contributed by atoms with Gasteiger partial charge in [-0.25, -0.2) is 0 Å². The number of nitrogens with two attached hydrogens (primary N) is 3. The normalized spacial score (nSPS) is 10.4. The van der Waals surface area contributed by atoms with Crippen molar-refractivity contribution < 1.29 is 4.74 Å². The van der Waals surface area contributed by atoms with Crippen LogP contribution in [0, 0.1) is 0 Å². The fourth-order valence-corrected chi connectivity index (χ4v) is 1.49. The Morgan fingerprint density at radius 3 is 2.45 bits per heavy atom. The summed E-state index contributed by atoms with van der Waals surface area (Å²) in [6, 6.07) is 14.5. The van der Waals surface area contributed by atoms with Gasteiger partial charge in [-0.1, -0.05) is 12.1 Å². The summed E-state index contributed by atoms with van der Waals surface area (Å²) in [6.07, 6.45) is 1.54. The van der Waals surface area contributed by atoms with Crippen molar-refractivity contribution in [1.29, 1.82) is 0 Å². The Hall–Kier alpha value is -3.02. The van der Waals surface area contributed by atoms with E-state index in [9.17, 15) is 0 Å². The van der Waals surface area contributed by atoms with E-state index >= 15 is 0 Å². The lowest BCUT2D eigenvalue weighted by molar-refractivity contribution is 0.482. The summed E-state index contributed by atoms with van der Waals surface area (Å²) in [7, 11) is 0. The third-order valence-electron chi connectivity index (χ3n) is 2.35. The lowest BCUT2D eigenvalue weighted by Gasteiger charge is -2.06. The van der Waals surface area contributed by atoms with Crippen LogP contribution in [0.25, 0.3) is 0 Å². The number of anilines is 1. The lowest BCUT2D eigenvalue weighted by Crippen LogP contribution is -2.21. The van der Waals surface area contributed by atoms with Gasteiger partial charge in [0.1, 0.15) is 11.5 Å². The summed E-state index contributed by atoms with van der Waals surface area (Å²) < 4.78 is 5.70. The second-order valence-corrected chi connectivity index (χ2v) is 4.01. The molecule has 0 bridgehead atoms. The van der Waals surface area contributed by atoms with Crippen LogP contribution < -0.4 is 21.9 Å². The molecule has 6 heteroatoms. The minimum absolute atomic E-state index is 0.0875. The van der Waals surface area contributed by atoms with Gasteiger partial charge in [-0.3, -0.25) is 0 Å². The molecule has 0 spiro atoms. The third-order valence-corrected chi connectivity index (χ3v) is 2.35. The zero-order valence-electron chi connectivity index (χ0n) is 10.7. The fourth-order valence-electron chi connectivity index (χ4n) is 1.49. The Balaban J connectivity index is 2.11. The van der Waals surface area contributed by atoms with Crippen LogP contribution in [0.4, 0.5) is 5.69 Å². The number of hydrogen-bond acceptors (Lipinski definition) is 4. The molecule has 102 valence electrons. The summed E-state index contributed by atoms with van der Waals surface area (Å²) in [5, 5.41) is 7.27. The Labute approximate surface area is 116 Å². The Morgan fingerprint density at radius 2 is 1.75 bits per heavy atom. The van der Waals surface area contributed by atoms with E-state index in [1.165, 1.54) is 6.21 Å². The van der Waals surface area contributed by atoms with Crippen molar-refractivity contribution >= 4 is 17.9 Å². The number of hydrogen-bond donors (Lipinski definition) is 3. The van der Waals surface area contributed by atoms with E-state index < -0.39 is 0 Å². The SMILES string of the molecule is NC(N)=NN=Cc1cccc(Oc2ccc(N)cc2)c1. The Kier molecular flexibility index (Phi) is 4.18. The number of ether oxygens (including phenoxy) is 1. The smallest absolute Gasteiger partial charge is 0.211 e. The molecule has 6 nitrogen and oxygen atoms in total. The maximum absolute atomic E-state index is 5.70. The number of nitrogens with zero attached hydrogens (tertiary/aromatic N) is 2. The Bertz CT molecular complexity index is 630. The Morgan fingerprint density at radius 1 is 1.00 bits per heavy atom. The second-order valence-electron chi connectivity index (χ2n) is 4.01. The molecule has 0 aliphatic rings. The van der Waals surface area contributed by atoms with Crippen LogP contribution in [0.2, 0.25) is 0 Å². The predicted octanol–water partition coefficient (Wildman–Crippen LogP) is 1.67. The van der Waals surface area contributed by atoms with Crippen molar-refractivity contribution in [1.82, 2.24) is 0 Å². The van der Waals surface area contributed by atoms with E-state index in [-0.39, 0.29) is 5.96 Å². The molecule has 0 radical (unpaired) electrons. The molecule has 0 heterocycles. The zero-order valence-corrected chi connectivity index (χ0v) is 10.7. The summed E-state index contributed by atoms with van der Waals surface area (Å²) in [4.78, 5) is 0. The average molecular weight is 269 g/mol. The molecule has 0 aliphatic heterocycles. The highest BCUT2D eigenvalue weighted by molar-refractivity contribution is 5.82. The van der Waals surface area contributed by atoms with E-state index in [1.807, 2.05) is 24.3 Å². The summed E-state index contributed by atoms with van der Waals surface area (Å²) in [5.74, 6) is 1.30. The molecular formula is C14H15N5O. The molecule has 20 heavy (non-hydrogen) atoms. The van der Waals surface area contributed by atoms with Gasteiger partial charge >= 0.3 is 0 Å². The van der Waals surface area contributed by atoms with Gasteiger partial charge in [0.2, 0.25) is 5.96 Å².